The van der Waals surface area contributed by atoms with E-state index in [1.165, 1.54) is 26.4 Å². The van der Waals surface area contributed by atoms with Gasteiger partial charge in [-0.2, -0.15) is 4.39 Å². The van der Waals surface area contributed by atoms with Crippen LogP contribution in [0.4, 0.5) is 19.3 Å². The second-order valence-corrected chi connectivity index (χ2v) is 10.1. The summed E-state index contributed by atoms with van der Waals surface area (Å²) in [7, 11) is 2.64. The lowest BCUT2D eigenvalue weighted by Crippen LogP contribution is -2.42. The third kappa shape index (κ3) is 4.35. The summed E-state index contributed by atoms with van der Waals surface area (Å²) in [6.45, 7) is 1.97. The number of halogens is 2. The quantitative estimate of drug-likeness (QED) is 0.462. The summed E-state index contributed by atoms with van der Waals surface area (Å²) in [5.74, 6) is -2.81. The van der Waals surface area contributed by atoms with Gasteiger partial charge in [-0.05, 0) is 69.2 Å². The number of aryl methyl sites for hydroxylation is 1. The molecule has 2 aliphatic rings. The average molecular weight is 528 g/mol. The van der Waals surface area contributed by atoms with Crippen LogP contribution in [-0.4, -0.2) is 47.0 Å². The Bertz CT molecular complexity index is 1400. The molecule has 0 unspecified atom stereocenters. The van der Waals surface area contributed by atoms with Gasteiger partial charge in [-0.15, -0.1) is 0 Å². The van der Waals surface area contributed by atoms with E-state index in [0.717, 1.165) is 23.2 Å². The Morgan fingerprint density at radius 3 is 2.45 bits per heavy atom. The molecule has 8 nitrogen and oxygen atoms in total. The molecule has 10 heteroatoms. The van der Waals surface area contributed by atoms with Gasteiger partial charge in [0.25, 0.3) is 0 Å². The molecule has 0 spiro atoms. The molecule has 1 N–H and O–H groups in total. The summed E-state index contributed by atoms with van der Waals surface area (Å²) >= 11 is 0. The van der Waals surface area contributed by atoms with Crippen molar-refractivity contribution in [2.75, 3.05) is 19.1 Å². The number of carbonyl (C=O) groups excluding carboxylic acids is 1. The molecule has 2 aromatic carbocycles. The number of carboxylic acid groups (broad SMARTS) is 1. The molecular weight excluding hydrogens is 496 g/mol. The maximum atomic E-state index is 15.0. The van der Waals surface area contributed by atoms with Crippen LogP contribution in [0.2, 0.25) is 0 Å². The second-order valence-electron chi connectivity index (χ2n) is 10.1. The number of aliphatic carboxylic acids is 1. The average Bonchev–Trinajstić information content (AvgIpc) is 3.29. The highest BCUT2D eigenvalue weighted by molar-refractivity contribution is 5.95. The second kappa shape index (κ2) is 10.2. The maximum Gasteiger partial charge on any atom is 0.414 e. The van der Waals surface area contributed by atoms with Gasteiger partial charge in [0.2, 0.25) is 5.82 Å². The number of anilines is 1. The van der Waals surface area contributed by atoms with E-state index in [2.05, 4.69) is 4.57 Å². The van der Waals surface area contributed by atoms with E-state index in [0.29, 0.717) is 43.4 Å². The summed E-state index contributed by atoms with van der Waals surface area (Å²) in [4.78, 5) is 30.7. The Hall–Kier alpha value is -3.69. The number of carbonyl (C=O) groups is 2. The van der Waals surface area contributed by atoms with Gasteiger partial charge in [-0.1, -0.05) is 6.07 Å². The molecule has 1 fully saturated rings. The highest BCUT2D eigenvalue weighted by Crippen LogP contribution is 2.41. The lowest BCUT2D eigenvalue weighted by molar-refractivity contribution is -0.143. The minimum absolute atomic E-state index is 0.0333. The van der Waals surface area contributed by atoms with Gasteiger partial charge in [0.1, 0.15) is 5.82 Å². The smallest absolute Gasteiger partial charge is 0.414 e. The van der Waals surface area contributed by atoms with Crippen molar-refractivity contribution in [2.24, 2.45) is 5.92 Å². The van der Waals surface area contributed by atoms with Gasteiger partial charge < -0.3 is 19.1 Å². The van der Waals surface area contributed by atoms with Crippen molar-refractivity contribution in [1.29, 1.82) is 0 Å². The zero-order valence-corrected chi connectivity index (χ0v) is 21.7. The third-order valence-corrected chi connectivity index (χ3v) is 8.01. The zero-order valence-electron chi connectivity index (χ0n) is 21.7. The number of ether oxygens (including phenoxy) is 2. The first-order valence-electron chi connectivity index (χ1n) is 12.9. The molecule has 3 aromatic rings. The standard InChI is InChI=1S/C28H31F2N3O5/c1-15-4-10-19-20(32(15)28(36)38-3)11-12-21-26(19)31-23(14-17-7-13-22(37-2)25(30)24(17)29)33(21)18-8-5-16(6-9-18)27(34)35/h7,11-13,15-16,18H,4-6,8-10,14H2,1-3H3,(H,34,35)/t15-,16-,18-/m0/s1. The Morgan fingerprint density at radius 2 is 1.79 bits per heavy atom. The first kappa shape index (κ1) is 25.9. The Morgan fingerprint density at radius 1 is 1.05 bits per heavy atom. The van der Waals surface area contributed by atoms with Crippen LogP contribution in [0.5, 0.6) is 5.75 Å². The topological polar surface area (TPSA) is 93.9 Å². The summed E-state index contributed by atoms with van der Waals surface area (Å²) in [6.07, 6.45) is 3.37. The molecule has 1 aromatic heterocycles. The normalized spacial score (nSPS) is 21.3. The molecule has 0 bridgehead atoms. The highest BCUT2D eigenvalue weighted by Gasteiger charge is 2.34. The van der Waals surface area contributed by atoms with E-state index in [-0.39, 0.29) is 35.7 Å². The summed E-state index contributed by atoms with van der Waals surface area (Å²) in [5.41, 5.74) is 3.35. The van der Waals surface area contributed by atoms with E-state index in [9.17, 15) is 23.5 Å². The Kier molecular flexibility index (Phi) is 6.98. The monoisotopic (exact) mass is 527 g/mol. The number of carboxylic acids is 1. The number of imidazole rings is 1. The van der Waals surface area contributed by atoms with Crippen LogP contribution in [0.3, 0.4) is 0 Å². The van der Waals surface area contributed by atoms with Crippen LogP contribution in [-0.2, 0) is 22.4 Å². The van der Waals surface area contributed by atoms with Gasteiger partial charge in [0.05, 0.1) is 36.9 Å². The van der Waals surface area contributed by atoms with Crippen molar-refractivity contribution in [3.05, 3.63) is 52.9 Å². The fraction of sp³-hybridized carbons (Fsp3) is 0.464. The van der Waals surface area contributed by atoms with Crippen molar-refractivity contribution in [3.63, 3.8) is 0 Å². The van der Waals surface area contributed by atoms with Crippen LogP contribution in [0, 0.1) is 17.6 Å². The summed E-state index contributed by atoms with van der Waals surface area (Å²) in [6, 6.07) is 6.62. The molecule has 38 heavy (non-hydrogen) atoms. The largest absolute Gasteiger partial charge is 0.494 e. The number of amides is 1. The number of aromatic nitrogens is 2. The number of rotatable bonds is 5. The van der Waals surface area contributed by atoms with E-state index in [1.807, 2.05) is 19.1 Å². The first-order valence-corrected chi connectivity index (χ1v) is 12.9. The van der Waals surface area contributed by atoms with Crippen molar-refractivity contribution < 1.29 is 33.0 Å². The van der Waals surface area contributed by atoms with Crippen molar-refractivity contribution in [1.82, 2.24) is 9.55 Å². The molecule has 0 saturated heterocycles. The fourth-order valence-electron chi connectivity index (χ4n) is 5.97. The van der Waals surface area contributed by atoms with Crippen molar-refractivity contribution >= 4 is 28.8 Å². The molecule has 1 saturated carbocycles. The minimum atomic E-state index is -1.05. The summed E-state index contributed by atoms with van der Waals surface area (Å²) in [5, 5.41) is 9.47. The van der Waals surface area contributed by atoms with Gasteiger partial charge in [-0.3, -0.25) is 9.69 Å². The SMILES string of the molecule is COC(=O)N1c2ccc3c(nc(Cc4ccc(OC)c(F)c4F)n3[C@H]3CC[C@H](C(=O)O)CC3)c2CC[C@@H]1C. The number of nitrogens with zero attached hydrogens (tertiary/aromatic N) is 3. The lowest BCUT2D eigenvalue weighted by atomic mass is 9.85. The Balaban J connectivity index is 1.63. The molecule has 1 aliphatic heterocycles. The lowest BCUT2D eigenvalue weighted by Gasteiger charge is -2.34. The molecular formula is C28H31F2N3O5. The third-order valence-electron chi connectivity index (χ3n) is 8.01. The van der Waals surface area contributed by atoms with E-state index >= 15 is 0 Å². The van der Waals surface area contributed by atoms with Crippen LogP contribution in [0.1, 0.15) is 62.0 Å². The van der Waals surface area contributed by atoms with Crippen molar-refractivity contribution in [2.45, 2.75) is 64.0 Å². The number of hydrogen-bond acceptors (Lipinski definition) is 5. The molecule has 2 heterocycles. The molecule has 1 atom stereocenters. The van der Waals surface area contributed by atoms with E-state index in [4.69, 9.17) is 14.5 Å². The first-order chi connectivity index (χ1) is 18.2. The van der Waals surface area contributed by atoms with Crippen molar-refractivity contribution in [3.8, 4) is 5.75 Å². The predicted octanol–water partition coefficient (Wildman–Crippen LogP) is 5.64. The van der Waals surface area contributed by atoms with Crippen LogP contribution >= 0.6 is 0 Å². The molecule has 202 valence electrons. The fourth-order valence-corrected chi connectivity index (χ4v) is 5.97. The number of fused-ring (bicyclic) bond motifs is 3. The highest BCUT2D eigenvalue weighted by atomic mass is 19.2. The van der Waals surface area contributed by atoms with Crippen LogP contribution < -0.4 is 9.64 Å². The maximum absolute atomic E-state index is 15.0. The zero-order chi connectivity index (χ0) is 27.1. The van der Waals surface area contributed by atoms with E-state index in [1.54, 1.807) is 4.90 Å². The Labute approximate surface area is 219 Å². The van der Waals surface area contributed by atoms with Gasteiger partial charge in [0.15, 0.2) is 11.6 Å². The molecule has 1 amide bonds. The van der Waals surface area contributed by atoms with E-state index < -0.39 is 23.7 Å². The van der Waals surface area contributed by atoms with Gasteiger partial charge >= 0.3 is 12.1 Å². The number of benzene rings is 2. The molecule has 1 aliphatic carbocycles. The minimum Gasteiger partial charge on any atom is -0.494 e. The number of hydrogen-bond donors (Lipinski definition) is 1. The van der Waals surface area contributed by atoms with Gasteiger partial charge in [-0.25, -0.2) is 14.2 Å². The molecule has 5 rings (SSSR count). The van der Waals surface area contributed by atoms with Crippen LogP contribution in [0.15, 0.2) is 24.3 Å². The predicted molar refractivity (Wildman–Crippen MR) is 137 cm³/mol. The van der Waals surface area contributed by atoms with Gasteiger partial charge in [0, 0.05) is 24.1 Å². The van der Waals surface area contributed by atoms with Crippen LogP contribution in [0.25, 0.3) is 11.0 Å². The summed E-state index contributed by atoms with van der Waals surface area (Å²) < 4.78 is 41.5. The molecule has 0 radical (unpaired) electrons. The number of methoxy groups -OCH3 is 2.